The lowest BCUT2D eigenvalue weighted by molar-refractivity contribution is 0.0730. The van der Waals surface area contributed by atoms with Crippen LogP contribution < -0.4 is 30.0 Å². The third kappa shape index (κ3) is 5.27. The van der Waals surface area contributed by atoms with Crippen LogP contribution >= 0.6 is 0 Å². The van der Waals surface area contributed by atoms with E-state index in [0.29, 0.717) is 52.9 Å². The number of nitrogens with zero attached hydrogens (tertiary/aromatic N) is 1. The fraction of sp³-hybridized carbons (Fsp3) is 0.161. The Balaban J connectivity index is 1.28. The van der Waals surface area contributed by atoms with Gasteiger partial charge in [0, 0.05) is 36.4 Å². The lowest BCUT2D eigenvalue weighted by Crippen LogP contribution is -2.30. The van der Waals surface area contributed by atoms with Crippen molar-refractivity contribution in [1.29, 1.82) is 0 Å². The average molecular weight is 538 g/mol. The zero-order valence-electron chi connectivity index (χ0n) is 21.6. The third-order valence-electron chi connectivity index (χ3n) is 6.77. The zero-order valence-corrected chi connectivity index (χ0v) is 21.6. The summed E-state index contributed by atoms with van der Waals surface area (Å²) < 4.78 is 21.7. The van der Waals surface area contributed by atoms with Crippen LogP contribution in [0.15, 0.2) is 84.9 Å². The smallest absolute Gasteiger partial charge is 0.255 e. The number of carbonyl (C=O) groups is 2. The van der Waals surface area contributed by atoms with Crippen LogP contribution in [0, 0.1) is 0 Å². The van der Waals surface area contributed by atoms with Crippen LogP contribution in [0.2, 0.25) is 0 Å². The number of amides is 2. The molecule has 4 aromatic carbocycles. The SMILES string of the molecule is NCc1cccc(CN(Cc2ccccc2NC(=O)c2ccc3c(c2)OCO3)C(=O)c2ccc3c(c2)OCO3)c1. The summed E-state index contributed by atoms with van der Waals surface area (Å²) in [5.41, 5.74) is 10.1. The third-order valence-corrected chi connectivity index (χ3v) is 6.77. The molecule has 9 nitrogen and oxygen atoms in total. The number of benzene rings is 4. The number of para-hydroxylation sites is 1. The fourth-order valence-electron chi connectivity index (χ4n) is 4.71. The van der Waals surface area contributed by atoms with Crippen LogP contribution in [0.3, 0.4) is 0 Å². The van der Waals surface area contributed by atoms with Gasteiger partial charge in [0.15, 0.2) is 23.0 Å². The van der Waals surface area contributed by atoms with Crippen molar-refractivity contribution in [2.24, 2.45) is 5.73 Å². The first-order valence-electron chi connectivity index (χ1n) is 12.8. The molecule has 0 unspecified atom stereocenters. The Labute approximate surface area is 231 Å². The number of fused-ring (bicyclic) bond motifs is 2. The van der Waals surface area contributed by atoms with E-state index in [2.05, 4.69) is 5.32 Å². The highest BCUT2D eigenvalue weighted by Crippen LogP contribution is 2.34. The topological polar surface area (TPSA) is 112 Å². The van der Waals surface area contributed by atoms with Gasteiger partial charge in [-0.15, -0.1) is 0 Å². The minimum absolute atomic E-state index is 0.124. The number of anilines is 1. The summed E-state index contributed by atoms with van der Waals surface area (Å²) in [5.74, 6) is 1.79. The molecule has 2 heterocycles. The van der Waals surface area contributed by atoms with E-state index in [1.165, 1.54) is 0 Å². The lowest BCUT2D eigenvalue weighted by Gasteiger charge is -2.25. The number of nitrogens with two attached hydrogens (primary N) is 1. The second kappa shape index (κ2) is 11.0. The van der Waals surface area contributed by atoms with Gasteiger partial charge in [-0.2, -0.15) is 0 Å². The van der Waals surface area contributed by atoms with Gasteiger partial charge in [-0.3, -0.25) is 9.59 Å². The van der Waals surface area contributed by atoms with Crippen LogP contribution in [0.5, 0.6) is 23.0 Å². The summed E-state index contributed by atoms with van der Waals surface area (Å²) in [4.78, 5) is 28.7. The van der Waals surface area contributed by atoms with E-state index < -0.39 is 0 Å². The largest absolute Gasteiger partial charge is 0.454 e. The first kappa shape index (κ1) is 25.3. The highest BCUT2D eigenvalue weighted by Gasteiger charge is 2.23. The second-order valence-corrected chi connectivity index (χ2v) is 9.43. The molecule has 0 radical (unpaired) electrons. The molecule has 2 aliphatic heterocycles. The van der Waals surface area contributed by atoms with Crippen molar-refractivity contribution < 1.29 is 28.5 Å². The van der Waals surface area contributed by atoms with Crippen molar-refractivity contribution in [1.82, 2.24) is 4.90 Å². The molecule has 0 aliphatic carbocycles. The number of hydrogen-bond acceptors (Lipinski definition) is 7. The van der Waals surface area contributed by atoms with E-state index in [9.17, 15) is 9.59 Å². The number of rotatable bonds is 8. The summed E-state index contributed by atoms with van der Waals surface area (Å²) in [6.45, 7) is 1.24. The molecule has 0 atom stereocenters. The van der Waals surface area contributed by atoms with Crippen molar-refractivity contribution in [2.45, 2.75) is 19.6 Å². The highest BCUT2D eigenvalue weighted by atomic mass is 16.7. The Morgan fingerprint density at radius 2 is 1.35 bits per heavy atom. The van der Waals surface area contributed by atoms with Gasteiger partial charge in [0.2, 0.25) is 13.6 Å². The first-order valence-corrected chi connectivity index (χ1v) is 12.8. The molecule has 0 bridgehead atoms. The van der Waals surface area contributed by atoms with E-state index in [1.807, 2.05) is 48.5 Å². The first-order chi connectivity index (χ1) is 19.6. The molecule has 3 N–H and O–H groups in total. The molecule has 40 heavy (non-hydrogen) atoms. The predicted octanol–water partition coefficient (Wildman–Crippen LogP) is 4.70. The zero-order chi connectivity index (χ0) is 27.5. The molecule has 0 saturated carbocycles. The summed E-state index contributed by atoms with van der Waals surface area (Å²) in [6.07, 6.45) is 0. The summed E-state index contributed by atoms with van der Waals surface area (Å²) in [6, 6.07) is 25.5. The van der Waals surface area contributed by atoms with Gasteiger partial charge in [0.25, 0.3) is 11.8 Å². The molecule has 0 saturated heterocycles. The van der Waals surface area contributed by atoms with E-state index >= 15 is 0 Å². The summed E-state index contributed by atoms with van der Waals surface area (Å²) >= 11 is 0. The van der Waals surface area contributed by atoms with E-state index in [4.69, 9.17) is 24.7 Å². The van der Waals surface area contributed by atoms with Gasteiger partial charge in [0.1, 0.15) is 0 Å². The molecular formula is C31H27N3O6. The second-order valence-electron chi connectivity index (χ2n) is 9.43. The van der Waals surface area contributed by atoms with Crippen molar-refractivity contribution in [3.05, 3.63) is 113 Å². The Morgan fingerprint density at radius 1 is 0.700 bits per heavy atom. The normalized spacial score (nSPS) is 12.7. The molecule has 2 amide bonds. The van der Waals surface area contributed by atoms with Gasteiger partial charge in [-0.1, -0.05) is 42.5 Å². The number of ether oxygens (including phenoxy) is 4. The van der Waals surface area contributed by atoms with Crippen molar-refractivity contribution in [3.63, 3.8) is 0 Å². The maximum Gasteiger partial charge on any atom is 0.255 e. The Morgan fingerprint density at radius 3 is 2.10 bits per heavy atom. The summed E-state index contributed by atoms with van der Waals surface area (Å²) in [7, 11) is 0. The van der Waals surface area contributed by atoms with Crippen LogP contribution in [0.25, 0.3) is 0 Å². The minimum atomic E-state index is -0.296. The van der Waals surface area contributed by atoms with Gasteiger partial charge in [-0.05, 0) is 59.2 Å². The van der Waals surface area contributed by atoms with Gasteiger partial charge in [-0.25, -0.2) is 0 Å². The fourth-order valence-corrected chi connectivity index (χ4v) is 4.71. The van der Waals surface area contributed by atoms with Crippen LogP contribution in [0.1, 0.15) is 37.4 Å². The van der Waals surface area contributed by atoms with E-state index in [0.717, 1.165) is 16.7 Å². The van der Waals surface area contributed by atoms with Crippen molar-refractivity contribution in [3.8, 4) is 23.0 Å². The van der Waals surface area contributed by atoms with Gasteiger partial charge < -0.3 is 34.9 Å². The lowest BCUT2D eigenvalue weighted by atomic mass is 10.1. The van der Waals surface area contributed by atoms with Crippen molar-refractivity contribution >= 4 is 17.5 Å². The molecule has 0 aromatic heterocycles. The Hall–Kier alpha value is -5.02. The average Bonchev–Trinajstić information content (AvgIpc) is 3.66. The monoisotopic (exact) mass is 537 g/mol. The number of hydrogen-bond donors (Lipinski definition) is 2. The van der Waals surface area contributed by atoms with Crippen LogP contribution in [0.4, 0.5) is 5.69 Å². The molecular weight excluding hydrogens is 510 g/mol. The predicted molar refractivity (Wildman–Crippen MR) is 147 cm³/mol. The highest BCUT2D eigenvalue weighted by molar-refractivity contribution is 6.05. The quantitative estimate of drug-likeness (QED) is 0.335. The standard InChI is InChI=1S/C31H27N3O6/c32-15-20-4-3-5-21(12-20)16-34(31(36)23-9-11-27-29(14-23)40-19-38-27)17-24-6-1-2-7-25(24)33-30(35)22-8-10-26-28(13-22)39-18-37-26/h1-14H,15-19,32H2,(H,33,35). The van der Waals surface area contributed by atoms with Gasteiger partial charge >= 0.3 is 0 Å². The number of carbonyl (C=O) groups excluding carboxylic acids is 2. The van der Waals surface area contributed by atoms with Crippen LogP contribution in [-0.2, 0) is 19.6 Å². The molecule has 9 heteroatoms. The van der Waals surface area contributed by atoms with Crippen molar-refractivity contribution in [2.75, 3.05) is 18.9 Å². The molecule has 2 aliphatic rings. The van der Waals surface area contributed by atoms with Crippen LogP contribution in [-0.4, -0.2) is 30.3 Å². The Bertz CT molecular complexity index is 1590. The molecule has 0 fully saturated rings. The molecule has 4 aromatic rings. The van der Waals surface area contributed by atoms with E-state index in [1.54, 1.807) is 41.3 Å². The van der Waals surface area contributed by atoms with E-state index in [-0.39, 0.29) is 31.9 Å². The maximum atomic E-state index is 13.9. The summed E-state index contributed by atoms with van der Waals surface area (Å²) in [5, 5.41) is 2.99. The molecule has 6 rings (SSSR count). The van der Waals surface area contributed by atoms with Gasteiger partial charge in [0.05, 0.1) is 0 Å². The number of nitrogens with one attached hydrogen (secondary N) is 1. The molecule has 202 valence electrons. The molecule has 0 spiro atoms. The minimum Gasteiger partial charge on any atom is -0.454 e. The maximum absolute atomic E-state index is 13.9. The Kier molecular flexibility index (Phi) is 6.95.